The molecule has 0 aliphatic carbocycles. The first-order chi connectivity index (χ1) is 11.7. The number of nitrogens with zero attached hydrogens (tertiary/aromatic N) is 2. The molecule has 0 unspecified atom stereocenters. The standard InChI is InChI=1S/C16H13Cl2N3O3S/c1-25(23,24)21(13-6-7-14(17)15(18)8-13)10-16(22)20-12-4-2-11(9-19)3-5-12/h2-8H,10H2,1H3,(H,20,22). The fourth-order valence-electron chi connectivity index (χ4n) is 2.00. The number of benzene rings is 2. The lowest BCUT2D eigenvalue weighted by atomic mass is 10.2. The van der Waals surface area contributed by atoms with E-state index < -0.39 is 22.5 Å². The predicted octanol–water partition coefficient (Wildman–Crippen LogP) is 3.27. The predicted molar refractivity (Wildman–Crippen MR) is 98.4 cm³/mol. The van der Waals surface area contributed by atoms with E-state index in [1.807, 2.05) is 6.07 Å². The molecule has 0 aromatic heterocycles. The van der Waals surface area contributed by atoms with Gasteiger partial charge in [0.15, 0.2) is 0 Å². The van der Waals surface area contributed by atoms with Crippen LogP contribution >= 0.6 is 23.2 Å². The average molecular weight is 398 g/mol. The van der Waals surface area contributed by atoms with Crippen LogP contribution in [-0.2, 0) is 14.8 Å². The SMILES string of the molecule is CS(=O)(=O)N(CC(=O)Nc1ccc(C#N)cc1)c1ccc(Cl)c(Cl)c1. The van der Waals surface area contributed by atoms with E-state index in [0.717, 1.165) is 10.6 Å². The molecular weight excluding hydrogens is 385 g/mol. The lowest BCUT2D eigenvalue weighted by Gasteiger charge is -2.22. The van der Waals surface area contributed by atoms with E-state index in [0.29, 0.717) is 11.3 Å². The summed E-state index contributed by atoms with van der Waals surface area (Å²) < 4.78 is 25.0. The van der Waals surface area contributed by atoms with Crippen molar-refractivity contribution < 1.29 is 13.2 Å². The molecule has 130 valence electrons. The molecule has 2 aromatic rings. The second kappa shape index (κ2) is 7.74. The van der Waals surface area contributed by atoms with E-state index in [2.05, 4.69) is 5.32 Å². The van der Waals surface area contributed by atoms with Crippen molar-refractivity contribution in [3.05, 3.63) is 58.1 Å². The molecule has 6 nitrogen and oxygen atoms in total. The number of rotatable bonds is 5. The van der Waals surface area contributed by atoms with Crippen molar-refractivity contribution in [2.75, 3.05) is 22.4 Å². The van der Waals surface area contributed by atoms with Crippen LogP contribution in [0.15, 0.2) is 42.5 Å². The van der Waals surface area contributed by atoms with Crippen LogP contribution in [0.3, 0.4) is 0 Å². The summed E-state index contributed by atoms with van der Waals surface area (Å²) in [4.78, 5) is 12.2. The summed E-state index contributed by atoms with van der Waals surface area (Å²) >= 11 is 11.8. The Hall–Kier alpha value is -2.27. The Bertz CT molecular complexity index is 938. The Morgan fingerprint density at radius 2 is 1.80 bits per heavy atom. The zero-order chi connectivity index (χ0) is 18.6. The third-order valence-corrected chi connectivity index (χ3v) is 5.06. The number of sulfonamides is 1. The summed E-state index contributed by atoms with van der Waals surface area (Å²) in [6.45, 7) is -0.434. The van der Waals surface area contributed by atoms with E-state index in [-0.39, 0.29) is 15.7 Å². The van der Waals surface area contributed by atoms with Gasteiger partial charge in [0.25, 0.3) is 0 Å². The van der Waals surface area contributed by atoms with Crippen LogP contribution in [-0.4, -0.2) is 27.1 Å². The van der Waals surface area contributed by atoms with Gasteiger partial charge >= 0.3 is 0 Å². The summed E-state index contributed by atoms with van der Waals surface area (Å²) in [5.41, 5.74) is 1.13. The maximum atomic E-state index is 12.2. The van der Waals surface area contributed by atoms with Crippen molar-refractivity contribution in [2.45, 2.75) is 0 Å². The van der Waals surface area contributed by atoms with Gasteiger partial charge in [-0.15, -0.1) is 0 Å². The van der Waals surface area contributed by atoms with Crippen LogP contribution in [0.2, 0.25) is 10.0 Å². The number of hydrogen-bond acceptors (Lipinski definition) is 4. The number of carbonyl (C=O) groups excluding carboxylic acids is 1. The minimum atomic E-state index is -3.72. The van der Waals surface area contributed by atoms with Crippen LogP contribution < -0.4 is 9.62 Å². The largest absolute Gasteiger partial charge is 0.325 e. The van der Waals surface area contributed by atoms with Crippen molar-refractivity contribution in [1.82, 2.24) is 0 Å². The molecule has 0 aliphatic rings. The number of halogens is 2. The van der Waals surface area contributed by atoms with Gasteiger partial charge in [-0.25, -0.2) is 8.42 Å². The van der Waals surface area contributed by atoms with Gasteiger partial charge < -0.3 is 5.32 Å². The van der Waals surface area contributed by atoms with Gasteiger partial charge in [0.05, 0.1) is 33.6 Å². The maximum Gasteiger partial charge on any atom is 0.245 e. The summed E-state index contributed by atoms with van der Waals surface area (Å²) in [5.74, 6) is -0.541. The molecule has 0 heterocycles. The Morgan fingerprint density at radius 1 is 1.16 bits per heavy atom. The summed E-state index contributed by atoms with van der Waals surface area (Å²) in [5, 5.41) is 11.8. The minimum absolute atomic E-state index is 0.181. The zero-order valence-electron chi connectivity index (χ0n) is 13.0. The first-order valence-corrected chi connectivity index (χ1v) is 9.54. The Labute approximate surface area is 155 Å². The zero-order valence-corrected chi connectivity index (χ0v) is 15.4. The number of amides is 1. The highest BCUT2D eigenvalue weighted by Crippen LogP contribution is 2.28. The van der Waals surface area contributed by atoms with Crippen molar-refractivity contribution in [2.24, 2.45) is 0 Å². The number of anilines is 2. The average Bonchev–Trinajstić information content (AvgIpc) is 2.55. The van der Waals surface area contributed by atoms with E-state index >= 15 is 0 Å². The normalized spacial score (nSPS) is 10.8. The summed E-state index contributed by atoms with van der Waals surface area (Å²) in [6, 6.07) is 12.5. The second-order valence-corrected chi connectivity index (χ2v) is 7.83. The number of hydrogen-bond donors (Lipinski definition) is 1. The molecule has 2 aromatic carbocycles. The Balaban J connectivity index is 2.20. The van der Waals surface area contributed by atoms with Gasteiger partial charge in [-0.3, -0.25) is 9.10 Å². The number of carbonyl (C=O) groups is 1. The van der Waals surface area contributed by atoms with Gasteiger partial charge in [-0.05, 0) is 42.5 Å². The van der Waals surface area contributed by atoms with Gasteiger partial charge in [0.2, 0.25) is 15.9 Å². The van der Waals surface area contributed by atoms with Gasteiger partial charge in [-0.1, -0.05) is 23.2 Å². The van der Waals surface area contributed by atoms with Crippen LogP contribution in [0.25, 0.3) is 0 Å². The number of nitriles is 1. The molecule has 0 radical (unpaired) electrons. The molecule has 1 amide bonds. The second-order valence-electron chi connectivity index (χ2n) is 5.11. The topological polar surface area (TPSA) is 90.3 Å². The quantitative estimate of drug-likeness (QED) is 0.837. The molecule has 0 bridgehead atoms. The molecule has 0 fully saturated rings. The van der Waals surface area contributed by atoms with Gasteiger partial charge in [0, 0.05) is 5.69 Å². The highest BCUT2D eigenvalue weighted by Gasteiger charge is 2.21. The van der Waals surface area contributed by atoms with Crippen molar-refractivity contribution >= 4 is 50.5 Å². The lowest BCUT2D eigenvalue weighted by Crippen LogP contribution is -2.37. The summed E-state index contributed by atoms with van der Waals surface area (Å²) in [6.07, 6.45) is 0.991. The molecule has 25 heavy (non-hydrogen) atoms. The highest BCUT2D eigenvalue weighted by molar-refractivity contribution is 7.92. The first kappa shape index (κ1) is 19.1. The molecule has 0 saturated heterocycles. The number of nitrogens with one attached hydrogen (secondary N) is 1. The third-order valence-electron chi connectivity index (χ3n) is 3.18. The Kier molecular flexibility index (Phi) is 5.90. The molecule has 0 spiro atoms. The molecule has 2 rings (SSSR count). The van der Waals surface area contributed by atoms with Crippen LogP contribution in [0.1, 0.15) is 5.56 Å². The monoisotopic (exact) mass is 397 g/mol. The van der Waals surface area contributed by atoms with Crippen LogP contribution in [0, 0.1) is 11.3 Å². The molecule has 0 aliphatic heterocycles. The summed E-state index contributed by atoms with van der Waals surface area (Å²) in [7, 11) is -3.72. The van der Waals surface area contributed by atoms with Crippen LogP contribution in [0.4, 0.5) is 11.4 Å². The van der Waals surface area contributed by atoms with E-state index in [1.54, 1.807) is 24.3 Å². The molecule has 0 saturated carbocycles. The Morgan fingerprint density at radius 3 is 2.32 bits per heavy atom. The van der Waals surface area contributed by atoms with E-state index in [4.69, 9.17) is 28.5 Å². The van der Waals surface area contributed by atoms with Crippen molar-refractivity contribution in [1.29, 1.82) is 5.26 Å². The minimum Gasteiger partial charge on any atom is -0.325 e. The van der Waals surface area contributed by atoms with Crippen molar-refractivity contribution in [3.63, 3.8) is 0 Å². The smallest absolute Gasteiger partial charge is 0.245 e. The third kappa shape index (κ3) is 5.10. The highest BCUT2D eigenvalue weighted by atomic mass is 35.5. The van der Waals surface area contributed by atoms with Crippen molar-refractivity contribution in [3.8, 4) is 6.07 Å². The first-order valence-electron chi connectivity index (χ1n) is 6.93. The van der Waals surface area contributed by atoms with Crippen LogP contribution in [0.5, 0.6) is 0 Å². The van der Waals surface area contributed by atoms with Gasteiger partial charge in [0.1, 0.15) is 6.54 Å². The molecule has 1 N–H and O–H groups in total. The molecule has 9 heteroatoms. The van der Waals surface area contributed by atoms with E-state index in [1.165, 1.54) is 18.2 Å². The lowest BCUT2D eigenvalue weighted by molar-refractivity contribution is -0.114. The van der Waals surface area contributed by atoms with Gasteiger partial charge in [-0.2, -0.15) is 5.26 Å². The maximum absolute atomic E-state index is 12.2. The fourth-order valence-corrected chi connectivity index (χ4v) is 3.14. The molecular formula is C16H13Cl2N3O3S. The fraction of sp³-hybridized carbons (Fsp3) is 0.125. The van der Waals surface area contributed by atoms with E-state index in [9.17, 15) is 13.2 Å². The molecule has 0 atom stereocenters.